The summed E-state index contributed by atoms with van der Waals surface area (Å²) in [5.74, 6) is 0.213. The van der Waals surface area contributed by atoms with Gasteiger partial charge in [0.1, 0.15) is 12.7 Å². The summed E-state index contributed by atoms with van der Waals surface area (Å²) >= 11 is 0. The molecule has 2 aliphatic carbocycles. The molecule has 0 aromatic rings. The molecule has 0 spiro atoms. The van der Waals surface area contributed by atoms with Crippen molar-refractivity contribution < 1.29 is 22.7 Å². The fourth-order valence-corrected chi connectivity index (χ4v) is 2.98. The first kappa shape index (κ1) is 16.6. The van der Waals surface area contributed by atoms with E-state index < -0.39 is 18.9 Å². The highest BCUT2D eigenvalue weighted by Crippen LogP contribution is 2.32. The van der Waals surface area contributed by atoms with Crippen molar-refractivity contribution in [3.63, 3.8) is 0 Å². The molecule has 1 amide bonds. The zero-order valence-corrected chi connectivity index (χ0v) is 12.5. The molecule has 2 aliphatic rings. The zero-order chi connectivity index (χ0) is 15.5. The Hall–Kier alpha value is -0.780. The van der Waals surface area contributed by atoms with Gasteiger partial charge in [-0.3, -0.25) is 4.79 Å². The molecule has 2 rings (SSSR count). The largest absolute Gasteiger partial charge is 0.411 e. The lowest BCUT2D eigenvalue weighted by Crippen LogP contribution is -2.44. The summed E-state index contributed by atoms with van der Waals surface area (Å²) in [7, 11) is 0. The van der Waals surface area contributed by atoms with Crippen LogP contribution in [0.25, 0.3) is 0 Å². The maximum atomic E-state index is 12.3. The fourth-order valence-electron chi connectivity index (χ4n) is 2.98. The first-order valence-electron chi connectivity index (χ1n) is 7.85. The van der Waals surface area contributed by atoms with E-state index in [4.69, 9.17) is 4.74 Å². The lowest BCUT2D eigenvalue weighted by molar-refractivity contribution is -0.188. The summed E-state index contributed by atoms with van der Waals surface area (Å²) in [6.07, 6.45) is 2.39. The van der Waals surface area contributed by atoms with Gasteiger partial charge in [-0.1, -0.05) is 19.3 Å². The number of hydrogen-bond donors (Lipinski definition) is 0. The average molecular weight is 307 g/mol. The van der Waals surface area contributed by atoms with Crippen LogP contribution in [0, 0.1) is 5.92 Å². The van der Waals surface area contributed by atoms with E-state index in [2.05, 4.69) is 0 Å². The maximum Gasteiger partial charge on any atom is 0.411 e. The Morgan fingerprint density at radius 1 is 1.19 bits per heavy atom. The van der Waals surface area contributed by atoms with Crippen molar-refractivity contribution in [1.82, 2.24) is 4.90 Å². The third kappa shape index (κ3) is 5.49. The Morgan fingerprint density at radius 3 is 2.33 bits per heavy atom. The molecule has 1 unspecified atom stereocenters. The molecule has 0 radical (unpaired) electrons. The molecular formula is C15H24F3NO2. The molecule has 0 aliphatic heterocycles. The third-order valence-electron chi connectivity index (χ3n) is 4.30. The third-order valence-corrected chi connectivity index (χ3v) is 4.30. The molecule has 6 heteroatoms. The molecule has 21 heavy (non-hydrogen) atoms. The molecule has 0 heterocycles. The van der Waals surface area contributed by atoms with Crippen LogP contribution in [0.2, 0.25) is 0 Å². The molecule has 0 aromatic carbocycles. The molecule has 3 nitrogen and oxygen atoms in total. The minimum absolute atomic E-state index is 0.219. The van der Waals surface area contributed by atoms with E-state index in [-0.39, 0.29) is 11.9 Å². The molecule has 2 saturated carbocycles. The molecule has 1 atom stereocenters. The number of carbonyl (C=O) groups is 1. The van der Waals surface area contributed by atoms with E-state index in [1.54, 1.807) is 4.90 Å². The number of nitrogens with zero attached hydrogens (tertiary/aromatic N) is 1. The minimum Gasteiger partial charge on any atom is -0.359 e. The summed E-state index contributed by atoms with van der Waals surface area (Å²) in [5, 5.41) is 0. The van der Waals surface area contributed by atoms with Crippen LogP contribution in [0.15, 0.2) is 0 Å². The zero-order valence-electron chi connectivity index (χ0n) is 12.5. The van der Waals surface area contributed by atoms with Gasteiger partial charge in [0.25, 0.3) is 5.91 Å². The van der Waals surface area contributed by atoms with Crippen molar-refractivity contribution in [3.05, 3.63) is 0 Å². The molecule has 0 saturated heterocycles. The first-order chi connectivity index (χ1) is 9.87. The molecule has 0 bridgehead atoms. The minimum atomic E-state index is -4.39. The highest BCUT2D eigenvalue weighted by Gasteiger charge is 2.37. The number of ether oxygens (including phenoxy) is 1. The van der Waals surface area contributed by atoms with E-state index in [0.717, 1.165) is 25.7 Å². The van der Waals surface area contributed by atoms with Crippen molar-refractivity contribution >= 4 is 5.91 Å². The van der Waals surface area contributed by atoms with Gasteiger partial charge in [0.2, 0.25) is 0 Å². The molecule has 0 N–H and O–H groups in total. The number of halogens is 3. The second-order valence-corrected chi connectivity index (χ2v) is 6.29. The Labute approximate surface area is 123 Å². The Kier molecular flexibility index (Phi) is 5.52. The van der Waals surface area contributed by atoms with Crippen LogP contribution < -0.4 is 0 Å². The summed E-state index contributed by atoms with van der Waals surface area (Å²) in [6.45, 7) is 0.745. The highest BCUT2D eigenvalue weighted by atomic mass is 19.4. The summed E-state index contributed by atoms with van der Waals surface area (Å²) in [6, 6.07) is 0.219. The predicted octanol–water partition coefficient (Wildman–Crippen LogP) is 3.53. The Morgan fingerprint density at radius 2 is 1.81 bits per heavy atom. The fraction of sp³-hybridized carbons (Fsp3) is 0.933. The Balaban J connectivity index is 1.86. The predicted molar refractivity (Wildman–Crippen MR) is 72.8 cm³/mol. The van der Waals surface area contributed by atoms with Crippen molar-refractivity contribution in [3.8, 4) is 0 Å². The first-order valence-corrected chi connectivity index (χ1v) is 7.85. The van der Waals surface area contributed by atoms with Gasteiger partial charge in [-0.25, -0.2) is 0 Å². The highest BCUT2D eigenvalue weighted by molar-refractivity contribution is 5.81. The van der Waals surface area contributed by atoms with E-state index in [0.29, 0.717) is 12.5 Å². The number of rotatable bonds is 6. The van der Waals surface area contributed by atoms with Gasteiger partial charge in [-0.2, -0.15) is 13.2 Å². The molecule has 0 aromatic heterocycles. The summed E-state index contributed by atoms with van der Waals surface area (Å²) in [5.41, 5.74) is 0. The number of amides is 1. The number of carbonyl (C=O) groups excluding carboxylic acids is 1. The van der Waals surface area contributed by atoms with Gasteiger partial charge in [0, 0.05) is 12.6 Å². The SMILES string of the molecule is CC(OCC(F)(F)F)C(=O)N(CC1CCCCC1)C1CC1. The quantitative estimate of drug-likeness (QED) is 0.751. The number of hydrogen-bond acceptors (Lipinski definition) is 2. The van der Waals surface area contributed by atoms with Crippen LogP contribution in [0.1, 0.15) is 51.9 Å². The van der Waals surface area contributed by atoms with E-state index in [1.165, 1.54) is 26.2 Å². The standard InChI is InChI=1S/C15H24F3NO2/c1-11(21-10-15(16,17)18)14(20)19(13-7-8-13)9-12-5-3-2-4-6-12/h11-13H,2-10H2,1H3. The van der Waals surface area contributed by atoms with Crippen LogP contribution in [0.4, 0.5) is 13.2 Å². The van der Waals surface area contributed by atoms with Crippen LogP contribution >= 0.6 is 0 Å². The van der Waals surface area contributed by atoms with Gasteiger partial charge >= 0.3 is 6.18 Å². The van der Waals surface area contributed by atoms with Crippen LogP contribution in [-0.4, -0.2) is 42.3 Å². The van der Waals surface area contributed by atoms with Crippen molar-refractivity contribution in [2.24, 2.45) is 5.92 Å². The maximum absolute atomic E-state index is 12.3. The van der Waals surface area contributed by atoms with Gasteiger partial charge < -0.3 is 9.64 Å². The Bertz CT molecular complexity index is 349. The van der Waals surface area contributed by atoms with E-state index >= 15 is 0 Å². The van der Waals surface area contributed by atoms with Crippen molar-refractivity contribution in [2.45, 2.75) is 70.2 Å². The summed E-state index contributed by atoms with van der Waals surface area (Å²) < 4.78 is 41.2. The second-order valence-electron chi connectivity index (χ2n) is 6.29. The van der Waals surface area contributed by atoms with E-state index in [9.17, 15) is 18.0 Å². The van der Waals surface area contributed by atoms with E-state index in [1.807, 2.05) is 0 Å². The topological polar surface area (TPSA) is 29.5 Å². The molecule has 2 fully saturated rings. The molecular weight excluding hydrogens is 283 g/mol. The summed E-state index contributed by atoms with van der Waals surface area (Å²) in [4.78, 5) is 14.1. The smallest absolute Gasteiger partial charge is 0.359 e. The van der Waals surface area contributed by atoms with Crippen LogP contribution in [0.5, 0.6) is 0 Å². The van der Waals surface area contributed by atoms with Gasteiger partial charge in [-0.15, -0.1) is 0 Å². The lowest BCUT2D eigenvalue weighted by atomic mass is 9.89. The molecule has 122 valence electrons. The second kappa shape index (κ2) is 6.99. The lowest BCUT2D eigenvalue weighted by Gasteiger charge is -2.31. The monoisotopic (exact) mass is 307 g/mol. The van der Waals surface area contributed by atoms with Crippen LogP contribution in [0.3, 0.4) is 0 Å². The van der Waals surface area contributed by atoms with Crippen LogP contribution in [-0.2, 0) is 9.53 Å². The van der Waals surface area contributed by atoms with Crippen molar-refractivity contribution in [2.75, 3.05) is 13.2 Å². The van der Waals surface area contributed by atoms with Gasteiger partial charge in [0.05, 0.1) is 0 Å². The van der Waals surface area contributed by atoms with Gasteiger partial charge in [0.15, 0.2) is 0 Å². The van der Waals surface area contributed by atoms with Crippen molar-refractivity contribution in [1.29, 1.82) is 0 Å². The normalized spacial score (nSPS) is 22.1. The number of alkyl halides is 3. The van der Waals surface area contributed by atoms with Gasteiger partial charge in [-0.05, 0) is 38.5 Å². The average Bonchev–Trinajstić information content (AvgIpc) is 3.26.